The second-order valence-electron chi connectivity index (χ2n) is 5.93. The van der Waals surface area contributed by atoms with Gasteiger partial charge in [0.25, 0.3) is 5.91 Å². The molecule has 2 aromatic carbocycles. The zero-order chi connectivity index (χ0) is 18.7. The Hall–Kier alpha value is -2.77. The number of nitrogens with one attached hydrogen (secondary N) is 1. The number of hydrogen-bond acceptors (Lipinski definition) is 6. The van der Waals surface area contributed by atoms with Crippen LogP contribution < -0.4 is 5.32 Å². The van der Waals surface area contributed by atoms with E-state index in [1.165, 1.54) is 11.3 Å². The van der Waals surface area contributed by atoms with Gasteiger partial charge in [-0.15, -0.1) is 0 Å². The van der Waals surface area contributed by atoms with Gasteiger partial charge in [-0.25, -0.2) is 9.78 Å². The molecule has 0 aliphatic carbocycles. The van der Waals surface area contributed by atoms with E-state index in [0.717, 1.165) is 21.3 Å². The molecule has 0 saturated heterocycles. The van der Waals surface area contributed by atoms with Crippen molar-refractivity contribution in [1.82, 2.24) is 4.98 Å². The van der Waals surface area contributed by atoms with E-state index in [-0.39, 0.29) is 6.61 Å². The first-order chi connectivity index (χ1) is 12.5. The first kappa shape index (κ1) is 18.0. The molecule has 0 bridgehead atoms. The molecule has 3 rings (SSSR count). The maximum absolute atomic E-state index is 12.0. The number of nitrogens with zero attached hydrogens (tertiary/aromatic N) is 1. The highest BCUT2D eigenvalue weighted by Gasteiger charge is 2.13. The molecule has 134 valence electrons. The Morgan fingerprint density at radius 2 is 1.92 bits per heavy atom. The molecule has 0 radical (unpaired) electrons. The van der Waals surface area contributed by atoms with Crippen LogP contribution in [0.25, 0.3) is 10.2 Å². The van der Waals surface area contributed by atoms with Gasteiger partial charge in [-0.05, 0) is 48.7 Å². The SMILES string of the molecule is Cc1cc(C)c2nc(NC(=O)COC(=O)c3ccc(CO)cc3)sc2c1. The summed E-state index contributed by atoms with van der Waals surface area (Å²) < 4.78 is 6.01. The first-order valence-electron chi connectivity index (χ1n) is 8.01. The van der Waals surface area contributed by atoms with Gasteiger partial charge in [-0.1, -0.05) is 29.5 Å². The molecule has 2 N–H and O–H groups in total. The summed E-state index contributed by atoms with van der Waals surface area (Å²) in [7, 11) is 0. The minimum Gasteiger partial charge on any atom is -0.452 e. The molecule has 0 aliphatic rings. The van der Waals surface area contributed by atoms with Crippen LogP contribution in [-0.2, 0) is 16.1 Å². The lowest BCUT2D eigenvalue weighted by Gasteiger charge is -2.05. The Bertz CT molecular complexity index is 964. The fraction of sp³-hybridized carbons (Fsp3) is 0.211. The molecular formula is C19H18N2O4S. The van der Waals surface area contributed by atoms with Crippen LogP contribution in [0.1, 0.15) is 27.0 Å². The molecule has 26 heavy (non-hydrogen) atoms. The van der Waals surface area contributed by atoms with Crippen LogP contribution in [0.15, 0.2) is 36.4 Å². The lowest BCUT2D eigenvalue weighted by atomic mass is 10.1. The average molecular weight is 370 g/mol. The number of ether oxygens (including phenoxy) is 1. The lowest BCUT2D eigenvalue weighted by molar-refractivity contribution is -0.119. The number of aryl methyl sites for hydroxylation is 2. The third-order valence-electron chi connectivity index (χ3n) is 3.78. The summed E-state index contributed by atoms with van der Waals surface area (Å²) in [5, 5.41) is 12.1. The van der Waals surface area contributed by atoms with Crippen molar-refractivity contribution in [1.29, 1.82) is 0 Å². The first-order valence-corrected chi connectivity index (χ1v) is 8.82. The number of aromatic nitrogens is 1. The van der Waals surface area contributed by atoms with Gasteiger partial charge in [-0.3, -0.25) is 10.1 Å². The maximum Gasteiger partial charge on any atom is 0.338 e. The largest absolute Gasteiger partial charge is 0.452 e. The maximum atomic E-state index is 12.0. The average Bonchev–Trinajstić information content (AvgIpc) is 3.02. The van der Waals surface area contributed by atoms with Crippen molar-refractivity contribution in [2.24, 2.45) is 0 Å². The number of carbonyl (C=O) groups is 2. The molecule has 0 saturated carbocycles. The zero-order valence-electron chi connectivity index (χ0n) is 14.4. The quantitative estimate of drug-likeness (QED) is 0.673. The Morgan fingerprint density at radius 3 is 2.62 bits per heavy atom. The van der Waals surface area contributed by atoms with Crippen LogP contribution >= 0.6 is 11.3 Å². The zero-order valence-corrected chi connectivity index (χ0v) is 15.2. The van der Waals surface area contributed by atoms with E-state index in [1.54, 1.807) is 24.3 Å². The molecule has 1 amide bonds. The molecule has 1 aromatic heterocycles. The molecule has 0 atom stereocenters. The van der Waals surface area contributed by atoms with E-state index >= 15 is 0 Å². The Morgan fingerprint density at radius 1 is 1.19 bits per heavy atom. The normalized spacial score (nSPS) is 10.7. The van der Waals surface area contributed by atoms with Gasteiger partial charge in [0.1, 0.15) is 0 Å². The number of amides is 1. The van der Waals surface area contributed by atoms with E-state index < -0.39 is 18.5 Å². The molecule has 0 spiro atoms. The summed E-state index contributed by atoms with van der Waals surface area (Å²) in [5.41, 5.74) is 4.06. The second-order valence-corrected chi connectivity index (χ2v) is 6.96. The van der Waals surface area contributed by atoms with E-state index in [9.17, 15) is 9.59 Å². The van der Waals surface area contributed by atoms with Gasteiger partial charge >= 0.3 is 5.97 Å². The third kappa shape index (κ3) is 4.07. The van der Waals surface area contributed by atoms with Crippen molar-refractivity contribution in [3.8, 4) is 0 Å². The van der Waals surface area contributed by atoms with Gasteiger partial charge < -0.3 is 9.84 Å². The smallest absolute Gasteiger partial charge is 0.338 e. The van der Waals surface area contributed by atoms with Crippen LogP contribution in [0, 0.1) is 13.8 Å². The van der Waals surface area contributed by atoms with Crippen LogP contribution in [-0.4, -0.2) is 28.6 Å². The van der Waals surface area contributed by atoms with Crippen LogP contribution in [0.4, 0.5) is 5.13 Å². The third-order valence-corrected chi connectivity index (χ3v) is 4.70. The molecule has 6 nitrogen and oxygen atoms in total. The Balaban J connectivity index is 1.60. The van der Waals surface area contributed by atoms with Gasteiger partial charge in [0.15, 0.2) is 11.7 Å². The van der Waals surface area contributed by atoms with E-state index in [1.807, 2.05) is 26.0 Å². The number of thiazole rings is 1. The minimum absolute atomic E-state index is 0.0983. The number of benzene rings is 2. The predicted octanol–water partition coefficient (Wildman–Crippen LogP) is 3.20. The topological polar surface area (TPSA) is 88.5 Å². The van der Waals surface area contributed by atoms with E-state index in [0.29, 0.717) is 16.3 Å². The minimum atomic E-state index is -0.597. The summed E-state index contributed by atoms with van der Waals surface area (Å²) in [6.45, 7) is 3.49. The molecule has 0 unspecified atom stereocenters. The van der Waals surface area contributed by atoms with Crippen LogP contribution in [0.2, 0.25) is 0 Å². The summed E-state index contributed by atoms with van der Waals surface area (Å²) >= 11 is 1.38. The van der Waals surface area contributed by atoms with Crippen molar-refractivity contribution in [3.05, 3.63) is 58.7 Å². The van der Waals surface area contributed by atoms with Gasteiger partial charge in [-0.2, -0.15) is 0 Å². The summed E-state index contributed by atoms with van der Waals surface area (Å²) in [6.07, 6.45) is 0. The molecule has 1 heterocycles. The Kier molecular flexibility index (Phi) is 5.29. The number of esters is 1. The van der Waals surface area contributed by atoms with Crippen molar-refractivity contribution < 1.29 is 19.4 Å². The number of hydrogen-bond donors (Lipinski definition) is 2. The number of rotatable bonds is 5. The fourth-order valence-electron chi connectivity index (χ4n) is 2.54. The molecule has 7 heteroatoms. The number of carbonyl (C=O) groups excluding carboxylic acids is 2. The number of aliphatic hydroxyl groups excluding tert-OH is 1. The van der Waals surface area contributed by atoms with E-state index in [2.05, 4.69) is 10.3 Å². The molecular weight excluding hydrogens is 352 g/mol. The van der Waals surface area contributed by atoms with E-state index in [4.69, 9.17) is 9.84 Å². The standard InChI is InChI=1S/C19H18N2O4S/c1-11-7-12(2)17-15(8-11)26-19(21-17)20-16(23)10-25-18(24)14-5-3-13(9-22)4-6-14/h3-8,22H,9-10H2,1-2H3,(H,20,21,23). The monoisotopic (exact) mass is 370 g/mol. The van der Waals surface area contributed by atoms with Crippen molar-refractivity contribution >= 4 is 38.6 Å². The fourth-order valence-corrected chi connectivity index (χ4v) is 3.60. The number of anilines is 1. The van der Waals surface area contributed by atoms with Gasteiger partial charge in [0.2, 0.25) is 0 Å². The summed E-state index contributed by atoms with van der Waals surface area (Å²) in [6, 6.07) is 10.4. The van der Waals surface area contributed by atoms with Crippen molar-refractivity contribution in [3.63, 3.8) is 0 Å². The highest BCUT2D eigenvalue weighted by Crippen LogP contribution is 2.29. The summed E-state index contributed by atoms with van der Waals surface area (Å²) in [4.78, 5) is 28.4. The number of aliphatic hydroxyl groups is 1. The Labute approximate surface area is 154 Å². The molecule has 3 aromatic rings. The van der Waals surface area contributed by atoms with Crippen LogP contribution in [0.3, 0.4) is 0 Å². The molecule has 0 aliphatic heterocycles. The lowest BCUT2D eigenvalue weighted by Crippen LogP contribution is -2.20. The van der Waals surface area contributed by atoms with Gasteiger partial charge in [0.05, 0.1) is 22.4 Å². The van der Waals surface area contributed by atoms with Crippen molar-refractivity contribution in [2.75, 3.05) is 11.9 Å². The van der Waals surface area contributed by atoms with Gasteiger partial charge in [0, 0.05) is 0 Å². The second kappa shape index (κ2) is 7.63. The predicted molar refractivity (Wildman–Crippen MR) is 100 cm³/mol. The highest BCUT2D eigenvalue weighted by molar-refractivity contribution is 7.22. The highest BCUT2D eigenvalue weighted by atomic mass is 32.1. The van der Waals surface area contributed by atoms with Crippen molar-refractivity contribution in [2.45, 2.75) is 20.5 Å². The van der Waals surface area contributed by atoms with Crippen LogP contribution in [0.5, 0.6) is 0 Å². The molecule has 0 fully saturated rings. The summed E-state index contributed by atoms with van der Waals surface area (Å²) in [5.74, 6) is -1.04. The number of fused-ring (bicyclic) bond motifs is 1.